The lowest BCUT2D eigenvalue weighted by molar-refractivity contribution is -0.124. The van der Waals surface area contributed by atoms with E-state index in [9.17, 15) is 4.79 Å². The van der Waals surface area contributed by atoms with Gasteiger partial charge in [0, 0.05) is 0 Å². The van der Waals surface area contributed by atoms with Crippen LogP contribution in [0.3, 0.4) is 0 Å². The SMILES string of the molecule is COc1ccc(/C(C)=C2\SC(=S)N(CO)C2=O)cc1. The van der Waals surface area contributed by atoms with E-state index in [-0.39, 0.29) is 12.6 Å². The molecule has 0 bridgehead atoms. The largest absolute Gasteiger partial charge is 0.497 e. The van der Waals surface area contributed by atoms with Gasteiger partial charge in [0.05, 0.1) is 12.0 Å². The Morgan fingerprint density at radius 1 is 1.42 bits per heavy atom. The van der Waals surface area contributed by atoms with Gasteiger partial charge in [0.25, 0.3) is 5.91 Å². The van der Waals surface area contributed by atoms with Crippen LogP contribution in [-0.4, -0.2) is 34.1 Å². The highest BCUT2D eigenvalue weighted by molar-refractivity contribution is 8.26. The minimum atomic E-state index is -0.385. The van der Waals surface area contributed by atoms with Crippen molar-refractivity contribution < 1.29 is 14.6 Å². The number of benzene rings is 1. The molecule has 1 fully saturated rings. The minimum Gasteiger partial charge on any atom is -0.497 e. The first-order valence-electron chi connectivity index (χ1n) is 5.58. The van der Waals surface area contributed by atoms with E-state index in [0.29, 0.717) is 9.23 Å². The maximum absolute atomic E-state index is 12.1. The number of aliphatic hydroxyl groups is 1. The van der Waals surface area contributed by atoms with Crippen molar-refractivity contribution in [2.45, 2.75) is 6.92 Å². The average Bonchev–Trinajstić information content (AvgIpc) is 2.72. The van der Waals surface area contributed by atoms with Gasteiger partial charge < -0.3 is 9.84 Å². The molecule has 1 amide bonds. The Morgan fingerprint density at radius 2 is 2.05 bits per heavy atom. The molecular weight excluding hydrogens is 282 g/mol. The molecule has 0 saturated carbocycles. The van der Waals surface area contributed by atoms with Crippen LogP contribution in [0.1, 0.15) is 12.5 Å². The van der Waals surface area contributed by atoms with E-state index in [1.807, 2.05) is 31.2 Å². The number of ether oxygens (including phenoxy) is 1. The molecular formula is C13H13NO3S2. The number of allylic oxidation sites excluding steroid dienone is 1. The van der Waals surface area contributed by atoms with E-state index < -0.39 is 0 Å². The molecule has 19 heavy (non-hydrogen) atoms. The summed E-state index contributed by atoms with van der Waals surface area (Å²) in [5.41, 5.74) is 1.77. The number of rotatable bonds is 3. The fourth-order valence-corrected chi connectivity index (χ4v) is 3.01. The summed E-state index contributed by atoms with van der Waals surface area (Å²) in [6.07, 6.45) is 0. The number of thioether (sulfide) groups is 1. The number of amides is 1. The number of hydrogen-bond donors (Lipinski definition) is 1. The molecule has 1 aromatic carbocycles. The molecule has 1 N–H and O–H groups in total. The topological polar surface area (TPSA) is 49.8 Å². The Hall–Kier alpha value is -1.37. The molecule has 0 aliphatic carbocycles. The first-order valence-corrected chi connectivity index (χ1v) is 6.80. The third-order valence-corrected chi connectivity index (χ3v) is 4.40. The van der Waals surface area contributed by atoms with Crippen molar-refractivity contribution in [1.29, 1.82) is 0 Å². The van der Waals surface area contributed by atoms with Gasteiger partial charge in [-0.25, -0.2) is 0 Å². The lowest BCUT2D eigenvalue weighted by Crippen LogP contribution is -2.28. The van der Waals surface area contributed by atoms with Gasteiger partial charge in [-0.2, -0.15) is 0 Å². The molecule has 1 saturated heterocycles. The summed E-state index contributed by atoms with van der Waals surface area (Å²) >= 11 is 6.27. The first-order chi connectivity index (χ1) is 9.08. The predicted molar refractivity (Wildman–Crippen MR) is 79.7 cm³/mol. The van der Waals surface area contributed by atoms with Gasteiger partial charge in [-0.15, -0.1) is 0 Å². The number of aliphatic hydroxyl groups excluding tert-OH is 1. The van der Waals surface area contributed by atoms with E-state index in [1.54, 1.807) is 7.11 Å². The smallest absolute Gasteiger partial charge is 0.268 e. The highest BCUT2D eigenvalue weighted by atomic mass is 32.2. The van der Waals surface area contributed by atoms with Gasteiger partial charge in [0.2, 0.25) is 0 Å². The van der Waals surface area contributed by atoms with E-state index >= 15 is 0 Å². The Morgan fingerprint density at radius 3 is 2.53 bits per heavy atom. The van der Waals surface area contributed by atoms with Crippen LogP contribution in [0.25, 0.3) is 5.57 Å². The number of methoxy groups -OCH3 is 1. The molecule has 0 aromatic heterocycles. The molecule has 0 atom stereocenters. The van der Waals surface area contributed by atoms with Crippen molar-refractivity contribution in [3.63, 3.8) is 0 Å². The van der Waals surface area contributed by atoms with Crippen LogP contribution in [0.2, 0.25) is 0 Å². The summed E-state index contributed by atoms with van der Waals surface area (Å²) in [7, 11) is 1.61. The number of nitrogens with zero attached hydrogens (tertiary/aromatic N) is 1. The summed E-state index contributed by atoms with van der Waals surface area (Å²) in [6, 6.07) is 7.45. The molecule has 6 heteroatoms. The van der Waals surface area contributed by atoms with E-state index in [4.69, 9.17) is 22.1 Å². The van der Waals surface area contributed by atoms with Crippen LogP contribution in [0.4, 0.5) is 0 Å². The molecule has 1 heterocycles. The number of carbonyl (C=O) groups is 1. The number of carbonyl (C=O) groups excluding carboxylic acids is 1. The molecule has 100 valence electrons. The summed E-state index contributed by atoms with van der Waals surface area (Å²) in [5, 5.41) is 9.11. The van der Waals surface area contributed by atoms with E-state index in [1.165, 1.54) is 16.7 Å². The van der Waals surface area contributed by atoms with Crippen molar-refractivity contribution in [3.8, 4) is 5.75 Å². The van der Waals surface area contributed by atoms with Gasteiger partial charge in [0.1, 0.15) is 16.8 Å². The fourth-order valence-electron chi connectivity index (χ4n) is 1.72. The fraction of sp³-hybridized carbons (Fsp3) is 0.231. The van der Waals surface area contributed by atoms with Gasteiger partial charge in [-0.3, -0.25) is 9.69 Å². The highest BCUT2D eigenvalue weighted by Crippen LogP contribution is 2.36. The average molecular weight is 295 g/mol. The van der Waals surface area contributed by atoms with E-state index in [2.05, 4.69) is 0 Å². The summed E-state index contributed by atoms with van der Waals surface area (Å²) in [5.74, 6) is 0.519. The highest BCUT2D eigenvalue weighted by Gasteiger charge is 2.33. The first kappa shape index (κ1) is 14.0. The van der Waals surface area contributed by atoms with Crippen LogP contribution in [0.15, 0.2) is 29.2 Å². The second-order valence-electron chi connectivity index (χ2n) is 3.93. The zero-order valence-corrected chi connectivity index (χ0v) is 12.2. The summed E-state index contributed by atoms with van der Waals surface area (Å²) in [6.45, 7) is 1.48. The van der Waals surface area contributed by atoms with Crippen LogP contribution in [0.5, 0.6) is 5.75 Å². The normalized spacial score (nSPS) is 17.9. The Kier molecular flexibility index (Phi) is 4.24. The third kappa shape index (κ3) is 2.65. The van der Waals surface area contributed by atoms with Crippen molar-refractivity contribution in [2.24, 2.45) is 0 Å². The summed E-state index contributed by atoms with van der Waals surface area (Å²) < 4.78 is 5.48. The van der Waals surface area contributed by atoms with Crippen molar-refractivity contribution in [3.05, 3.63) is 34.7 Å². The number of thiocarbonyl (C=S) groups is 1. The third-order valence-electron chi connectivity index (χ3n) is 2.85. The van der Waals surface area contributed by atoms with Crippen molar-refractivity contribution in [2.75, 3.05) is 13.8 Å². The van der Waals surface area contributed by atoms with Crippen LogP contribution < -0.4 is 4.74 Å². The quantitative estimate of drug-likeness (QED) is 0.684. The molecule has 1 aliphatic heterocycles. The molecule has 0 spiro atoms. The zero-order valence-electron chi connectivity index (χ0n) is 10.5. The van der Waals surface area contributed by atoms with Gasteiger partial charge in [0.15, 0.2) is 0 Å². The van der Waals surface area contributed by atoms with Crippen molar-refractivity contribution >= 4 is 39.8 Å². The second-order valence-corrected chi connectivity index (χ2v) is 5.57. The Labute approximate surface area is 121 Å². The van der Waals surface area contributed by atoms with Gasteiger partial charge in [-0.05, 0) is 30.2 Å². The number of hydrogen-bond acceptors (Lipinski definition) is 5. The lowest BCUT2D eigenvalue weighted by atomic mass is 10.1. The summed E-state index contributed by atoms with van der Waals surface area (Å²) in [4.78, 5) is 13.8. The lowest BCUT2D eigenvalue weighted by Gasteiger charge is -2.09. The zero-order chi connectivity index (χ0) is 14.0. The van der Waals surface area contributed by atoms with Crippen LogP contribution in [-0.2, 0) is 4.79 Å². The standard InChI is InChI=1S/C13H13NO3S2/c1-8(9-3-5-10(17-2)6-4-9)11-12(16)14(7-15)13(18)19-11/h3-6,15H,7H2,1-2H3/b11-8-. The Balaban J connectivity index is 2.36. The second kappa shape index (κ2) is 5.73. The van der Waals surface area contributed by atoms with Crippen LogP contribution in [0, 0.1) is 0 Å². The minimum absolute atomic E-state index is 0.245. The molecule has 0 unspecified atom stereocenters. The molecule has 1 aromatic rings. The molecule has 1 aliphatic rings. The maximum atomic E-state index is 12.1. The van der Waals surface area contributed by atoms with Crippen LogP contribution >= 0.6 is 24.0 Å². The molecule has 2 rings (SSSR count). The predicted octanol–water partition coefficient (Wildman–Crippen LogP) is 2.24. The van der Waals surface area contributed by atoms with Crippen molar-refractivity contribution in [1.82, 2.24) is 4.90 Å². The Bertz CT molecular complexity index is 552. The monoisotopic (exact) mass is 295 g/mol. The molecule has 0 radical (unpaired) electrons. The van der Waals surface area contributed by atoms with Gasteiger partial charge >= 0.3 is 0 Å². The maximum Gasteiger partial charge on any atom is 0.268 e. The van der Waals surface area contributed by atoms with E-state index in [0.717, 1.165) is 16.9 Å². The van der Waals surface area contributed by atoms with Gasteiger partial charge in [-0.1, -0.05) is 36.1 Å². The molecule has 4 nitrogen and oxygen atoms in total.